The first kappa shape index (κ1) is 14.3. The van der Waals surface area contributed by atoms with Crippen LogP contribution >= 0.6 is 0 Å². The van der Waals surface area contributed by atoms with Crippen LogP contribution in [-0.2, 0) is 4.79 Å². The Morgan fingerprint density at radius 1 is 1.35 bits per heavy atom. The third-order valence-corrected chi connectivity index (χ3v) is 3.53. The van der Waals surface area contributed by atoms with Gasteiger partial charge in [-0.15, -0.1) is 0 Å². The van der Waals surface area contributed by atoms with Crippen molar-refractivity contribution in [2.45, 2.75) is 32.2 Å². The molecule has 1 aromatic rings. The molecular formula is C14H17FN2O3. The molecule has 2 atom stereocenters. The van der Waals surface area contributed by atoms with Gasteiger partial charge in [0.1, 0.15) is 5.82 Å². The van der Waals surface area contributed by atoms with Crippen molar-refractivity contribution in [2.24, 2.45) is 5.92 Å². The number of aryl methyl sites for hydroxylation is 1. The number of carboxylic acids is 1. The number of rotatable bonds is 3. The lowest BCUT2D eigenvalue weighted by Gasteiger charge is -2.13. The maximum atomic E-state index is 13.1. The number of amides is 2. The second-order valence-electron chi connectivity index (χ2n) is 5.11. The maximum Gasteiger partial charge on any atom is 0.319 e. The zero-order valence-electron chi connectivity index (χ0n) is 11.1. The third-order valence-electron chi connectivity index (χ3n) is 3.53. The predicted octanol–water partition coefficient (Wildman–Crippen LogP) is 2.51. The Hall–Kier alpha value is -2.11. The fraction of sp³-hybridized carbons (Fsp3) is 0.429. The number of carbonyl (C=O) groups is 2. The van der Waals surface area contributed by atoms with Crippen LogP contribution in [0.4, 0.5) is 14.9 Å². The molecule has 0 heterocycles. The molecule has 1 saturated carbocycles. The standard InChI is InChI=1S/C14H17FN2O3/c1-8-6-10(4-5-12(8)15)16-14(20)17-11-3-2-9(7-11)13(18)19/h4-6,9,11H,2-3,7H2,1H3,(H,18,19)(H2,16,17,20)/t9-,11+/m1/s1. The topological polar surface area (TPSA) is 78.4 Å². The fourth-order valence-corrected chi connectivity index (χ4v) is 2.41. The SMILES string of the molecule is Cc1cc(NC(=O)N[C@H]2CC[C@@H](C(=O)O)C2)ccc1F. The van der Waals surface area contributed by atoms with E-state index in [2.05, 4.69) is 10.6 Å². The van der Waals surface area contributed by atoms with Crippen molar-refractivity contribution in [1.29, 1.82) is 0 Å². The maximum absolute atomic E-state index is 13.1. The van der Waals surface area contributed by atoms with E-state index < -0.39 is 12.0 Å². The molecular weight excluding hydrogens is 263 g/mol. The largest absolute Gasteiger partial charge is 0.481 e. The van der Waals surface area contributed by atoms with Crippen molar-refractivity contribution >= 4 is 17.7 Å². The average Bonchev–Trinajstić information content (AvgIpc) is 2.82. The summed E-state index contributed by atoms with van der Waals surface area (Å²) < 4.78 is 13.1. The molecule has 3 N–H and O–H groups in total. The van der Waals surface area contributed by atoms with Gasteiger partial charge in [0.2, 0.25) is 0 Å². The van der Waals surface area contributed by atoms with E-state index in [0.29, 0.717) is 30.5 Å². The van der Waals surface area contributed by atoms with Crippen LogP contribution in [0.1, 0.15) is 24.8 Å². The lowest BCUT2D eigenvalue weighted by Crippen LogP contribution is -2.36. The number of carbonyl (C=O) groups excluding carboxylic acids is 1. The number of carboxylic acid groups (broad SMARTS) is 1. The molecule has 0 unspecified atom stereocenters. The zero-order valence-corrected chi connectivity index (χ0v) is 11.1. The molecule has 1 aromatic carbocycles. The van der Waals surface area contributed by atoms with E-state index in [9.17, 15) is 14.0 Å². The molecule has 108 valence electrons. The van der Waals surface area contributed by atoms with Gasteiger partial charge in [0.15, 0.2) is 0 Å². The molecule has 2 rings (SSSR count). The monoisotopic (exact) mass is 280 g/mol. The molecule has 1 fully saturated rings. The Kier molecular flexibility index (Phi) is 4.22. The molecule has 20 heavy (non-hydrogen) atoms. The molecule has 0 bridgehead atoms. The van der Waals surface area contributed by atoms with E-state index >= 15 is 0 Å². The minimum absolute atomic E-state index is 0.127. The van der Waals surface area contributed by atoms with Crippen LogP contribution in [0.5, 0.6) is 0 Å². The highest BCUT2D eigenvalue weighted by Gasteiger charge is 2.30. The van der Waals surface area contributed by atoms with Gasteiger partial charge in [0.25, 0.3) is 0 Å². The summed E-state index contributed by atoms with van der Waals surface area (Å²) in [5.41, 5.74) is 0.962. The van der Waals surface area contributed by atoms with Gasteiger partial charge in [-0.3, -0.25) is 4.79 Å². The highest BCUT2D eigenvalue weighted by atomic mass is 19.1. The van der Waals surface area contributed by atoms with Crippen LogP contribution in [0.15, 0.2) is 18.2 Å². The van der Waals surface area contributed by atoms with E-state index in [1.54, 1.807) is 13.0 Å². The molecule has 0 aliphatic heterocycles. The lowest BCUT2D eigenvalue weighted by atomic mass is 10.1. The number of urea groups is 1. The van der Waals surface area contributed by atoms with E-state index in [-0.39, 0.29) is 17.8 Å². The number of anilines is 1. The van der Waals surface area contributed by atoms with Crippen LogP contribution in [0.2, 0.25) is 0 Å². The number of benzene rings is 1. The Morgan fingerprint density at radius 3 is 2.70 bits per heavy atom. The average molecular weight is 280 g/mol. The highest BCUT2D eigenvalue weighted by molar-refractivity contribution is 5.89. The second-order valence-corrected chi connectivity index (χ2v) is 5.11. The van der Waals surface area contributed by atoms with Crippen LogP contribution in [0.3, 0.4) is 0 Å². The van der Waals surface area contributed by atoms with Gasteiger partial charge in [-0.1, -0.05) is 0 Å². The van der Waals surface area contributed by atoms with Crippen LogP contribution < -0.4 is 10.6 Å². The molecule has 0 radical (unpaired) electrons. The molecule has 2 amide bonds. The number of aliphatic carboxylic acids is 1. The van der Waals surface area contributed by atoms with Gasteiger partial charge in [-0.2, -0.15) is 0 Å². The van der Waals surface area contributed by atoms with Gasteiger partial charge < -0.3 is 15.7 Å². The summed E-state index contributed by atoms with van der Waals surface area (Å²) in [5.74, 6) is -1.52. The Labute approximate surface area is 116 Å². The first-order valence-corrected chi connectivity index (χ1v) is 6.52. The van der Waals surface area contributed by atoms with E-state index in [4.69, 9.17) is 5.11 Å². The summed E-state index contributed by atoms with van der Waals surface area (Å²) in [6.07, 6.45) is 1.69. The van der Waals surface area contributed by atoms with E-state index in [1.807, 2.05) is 0 Å². The summed E-state index contributed by atoms with van der Waals surface area (Å²) >= 11 is 0. The molecule has 6 heteroatoms. The minimum atomic E-state index is -0.816. The Bertz CT molecular complexity index is 533. The minimum Gasteiger partial charge on any atom is -0.481 e. The normalized spacial score (nSPS) is 21.5. The van der Waals surface area contributed by atoms with Crippen LogP contribution in [0.25, 0.3) is 0 Å². The van der Waals surface area contributed by atoms with Crippen LogP contribution in [-0.4, -0.2) is 23.1 Å². The highest BCUT2D eigenvalue weighted by Crippen LogP contribution is 2.25. The van der Waals surface area contributed by atoms with Gasteiger partial charge in [0.05, 0.1) is 5.92 Å². The smallest absolute Gasteiger partial charge is 0.319 e. The number of hydrogen-bond donors (Lipinski definition) is 3. The number of halogens is 1. The number of nitrogens with one attached hydrogen (secondary N) is 2. The van der Waals surface area contributed by atoms with Crippen molar-refractivity contribution in [2.75, 3.05) is 5.32 Å². The number of hydrogen-bond acceptors (Lipinski definition) is 2. The molecule has 0 spiro atoms. The Morgan fingerprint density at radius 2 is 2.10 bits per heavy atom. The van der Waals surface area contributed by atoms with E-state index in [0.717, 1.165) is 0 Å². The summed E-state index contributed by atoms with van der Waals surface area (Å²) in [5, 5.41) is 14.2. The van der Waals surface area contributed by atoms with Crippen molar-refractivity contribution in [3.8, 4) is 0 Å². The third kappa shape index (κ3) is 3.46. The zero-order chi connectivity index (χ0) is 14.7. The van der Waals surface area contributed by atoms with Crippen molar-refractivity contribution < 1.29 is 19.1 Å². The molecule has 5 nitrogen and oxygen atoms in total. The van der Waals surface area contributed by atoms with Gasteiger partial charge in [0, 0.05) is 11.7 Å². The van der Waals surface area contributed by atoms with Gasteiger partial charge >= 0.3 is 12.0 Å². The van der Waals surface area contributed by atoms with Gasteiger partial charge in [-0.05, 0) is 49.9 Å². The summed E-state index contributed by atoms with van der Waals surface area (Å²) in [6, 6.07) is 3.80. The van der Waals surface area contributed by atoms with Crippen LogP contribution in [0, 0.1) is 18.7 Å². The van der Waals surface area contributed by atoms with Crippen molar-refractivity contribution in [1.82, 2.24) is 5.32 Å². The molecule has 0 aromatic heterocycles. The van der Waals surface area contributed by atoms with Crippen molar-refractivity contribution in [3.63, 3.8) is 0 Å². The quantitative estimate of drug-likeness (QED) is 0.796. The fourth-order valence-electron chi connectivity index (χ4n) is 2.41. The first-order valence-electron chi connectivity index (χ1n) is 6.52. The summed E-state index contributed by atoms with van der Waals surface area (Å²) in [4.78, 5) is 22.6. The predicted molar refractivity (Wildman–Crippen MR) is 72.1 cm³/mol. The second kappa shape index (κ2) is 5.90. The van der Waals surface area contributed by atoms with E-state index in [1.165, 1.54) is 12.1 Å². The molecule has 1 aliphatic carbocycles. The van der Waals surface area contributed by atoms with Gasteiger partial charge in [-0.25, -0.2) is 9.18 Å². The first-order chi connectivity index (χ1) is 9.45. The van der Waals surface area contributed by atoms with Crippen molar-refractivity contribution in [3.05, 3.63) is 29.6 Å². The summed E-state index contributed by atoms with van der Waals surface area (Å²) in [7, 11) is 0. The lowest BCUT2D eigenvalue weighted by molar-refractivity contribution is -0.141. The Balaban J connectivity index is 1.87. The molecule has 0 saturated heterocycles. The molecule has 1 aliphatic rings. The summed E-state index contributed by atoms with van der Waals surface area (Å²) in [6.45, 7) is 1.62.